The van der Waals surface area contributed by atoms with E-state index in [9.17, 15) is 14.0 Å². The lowest BCUT2D eigenvalue weighted by molar-refractivity contribution is -0.0562. The third kappa shape index (κ3) is 3.27. The number of amides is 2. The predicted molar refractivity (Wildman–Crippen MR) is 142 cm³/mol. The van der Waals surface area contributed by atoms with Crippen LogP contribution in [0.5, 0.6) is 0 Å². The summed E-state index contributed by atoms with van der Waals surface area (Å²) in [6.45, 7) is 2.08. The van der Waals surface area contributed by atoms with Crippen molar-refractivity contribution in [3.63, 3.8) is 0 Å². The molecule has 4 saturated carbocycles. The monoisotopic (exact) mass is 509 g/mol. The van der Waals surface area contributed by atoms with Gasteiger partial charge in [-0.3, -0.25) is 9.59 Å². The Morgan fingerprint density at radius 1 is 1.08 bits per heavy atom. The Hall–Kier alpha value is -4.00. The normalized spacial score (nSPS) is 24.2. The Labute approximate surface area is 219 Å². The molecule has 0 aliphatic heterocycles. The van der Waals surface area contributed by atoms with Gasteiger partial charge in [-0.25, -0.2) is 9.37 Å². The van der Waals surface area contributed by atoms with Crippen LogP contribution in [0, 0.1) is 17.2 Å². The van der Waals surface area contributed by atoms with Crippen LogP contribution in [0.4, 0.5) is 4.39 Å². The summed E-state index contributed by atoms with van der Waals surface area (Å²) in [6, 6.07) is 15.4. The SMILES string of the molecule is CCCc1nc2oc(-c3ccc(F)cc3)c(C(=O)NC)c2cc1-c1cccc(C(=O)NC23CC4(CC42)C3)c1. The molecule has 2 aromatic carbocycles. The number of rotatable bonds is 7. The average Bonchev–Trinajstić information content (AvgIpc) is 3.26. The lowest BCUT2D eigenvalue weighted by Gasteiger charge is -2.61. The van der Waals surface area contributed by atoms with Crippen molar-refractivity contribution >= 4 is 22.9 Å². The highest BCUT2D eigenvalue weighted by Gasteiger charge is 2.86. The zero-order valence-electron chi connectivity index (χ0n) is 21.4. The summed E-state index contributed by atoms with van der Waals surface area (Å²) < 4.78 is 19.7. The van der Waals surface area contributed by atoms with Gasteiger partial charge in [-0.05, 0) is 85.0 Å². The molecule has 1 spiro atoms. The summed E-state index contributed by atoms with van der Waals surface area (Å²) in [5.74, 6) is 0.307. The van der Waals surface area contributed by atoms with E-state index in [1.807, 2.05) is 30.3 Å². The van der Waals surface area contributed by atoms with Crippen molar-refractivity contribution in [2.24, 2.45) is 11.3 Å². The van der Waals surface area contributed by atoms with Gasteiger partial charge >= 0.3 is 0 Å². The van der Waals surface area contributed by atoms with Gasteiger partial charge in [0.2, 0.25) is 5.71 Å². The first-order valence-electron chi connectivity index (χ1n) is 13.2. The molecule has 6 nitrogen and oxygen atoms in total. The molecule has 4 aromatic rings. The Kier molecular flexibility index (Phi) is 4.87. The third-order valence-corrected chi connectivity index (χ3v) is 8.80. The van der Waals surface area contributed by atoms with Gasteiger partial charge in [-0.1, -0.05) is 25.5 Å². The van der Waals surface area contributed by atoms with Crippen LogP contribution in [0.25, 0.3) is 33.6 Å². The van der Waals surface area contributed by atoms with Gasteiger partial charge in [0.05, 0.1) is 16.6 Å². The van der Waals surface area contributed by atoms with Crippen molar-refractivity contribution in [3.8, 4) is 22.5 Å². The van der Waals surface area contributed by atoms with Crippen molar-refractivity contribution in [1.82, 2.24) is 15.6 Å². The molecule has 4 aliphatic carbocycles. The molecule has 0 radical (unpaired) electrons. The number of pyridine rings is 1. The Morgan fingerprint density at radius 2 is 1.87 bits per heavy atom. The first-order valence-corrected chi connectivity index (χ1v) is 13.2. The summed E-state index contributed by atoms with van der Waals surface area (Å²) in [5, 5.41) is 6.58. The first-order chi connectivity index (χ1) is 18.4. The number of benzene rings is 2. The van der Waals surface area contributed by atoms with Crippen molar-refractivity contribution < 1.29 is 18.4 Å². The van der Waals surface area contributed by atoms with E-state index >= 15 is 0 Å². The predicted octanol–water partition coefficient (Wildman–Crippen LogP) is 5.90. The first kappa shape index (κ1) is 23.1. The summed E-state index contributed by atoms with van der Waals surface area (Å²) in [6.07, 6.45) is 5.08. The zero-order valence-corrected chi connectivity index (χ0v) is 21.4. The van der Waals surface area contributed by atoms with E-state index in [1.54, 1.807) is 19.2 Å². The number of furan rings is 1. The van der Waals surface area contributed by atoms with Gasteiger partial charge < -0.3 is 15.1 Å². The highest BCUT2D eigenvalue weighted by molar-refractivity contribution is 6.11. The van der Waals surface area contributed by atoms with E-state index in [0.717, 1.165) is 36.1 Å². The molecule has 2 amide bonds. The molecule has 0 saturated heterocycles. The lowest BCUT2D eigenvalue weighted by atomic mass is 9.49. The maximum atomic E-state index is 13.6. The van der Waals surface area contributed by atoms with Crippen molar-refractivity contribution in [2.75, 3.05) is 7.05 Å². The maximum Gasteiger partial charge on any atom is 0.255 e. The minimum Gasteiger partial charge on any atom is -0.437 e. The number of carbonyl (C=O) groups excluding carboxylic acids is 2. The smallest absolute Gasteiger partial charge is 0.255 e. The molecule has 8 rings (SSSR count). The zero-order chi connectivity index (χ0) is 26.2. The number of aryl methyl sites for hydroxylation is 1. The van der Waals surface area contributed by atoms with Gasteiger partial charge in [0.1, 0.15) is 11.6 Å². The molecule has 192 valence electrons. The fraction of sp³-hybridized carbons (Fsp3) is 0.323. The summed E-state index contributed by atoms with van der Waals surface area (Å²) in [7, 11) is 1.56. The van der Waals surface area contributed by atoms with E-state index in [-0.39, 0.29) is 23.2 Å². The Balaban J connectivity index is 1.32. The Bertz CT molecular complexity index is 1630. The quantitative estimate of drug-likeness (QED) is 0.325. The van der Waals surface area contributed by atoms with Crippen molar-refractivity contribution in [2.45, 2.75) is 44.6 Å². The lowest BCUT2D eigenvalue weighted by Crippen LogP contribution is -2.69. The molecule has 2 N–H and O–H groups in total. The second kappa shape index (κ2) is 8.00. The fourth-order valence-electron chi connectivity index (χ4n) is 6.90. The van der Waals surface area contributed by atoms with Crippen LogP contribution in [0.2, 0.25) is 0 Å². The largest absolute Gasteiger partial charge is 0.437 e. The highest BCUT2D eigenvalue weighted by Crippen LogP contribution is 2.87. The minimum atomic E-state index is -0.369. The molecular formula is C31H28FN3O3. The van der Waals surface area contributed by atoms with Crippen LogP contribution in [0.1, 0.15) is 59.0 Å². The van der Waals surface area contributed by atoms with Crippen LogP contribution >= 0.6 is 0 Å². The van der Waals surface area contributed by atoms with Crippen molar-refractivity contribution in [1.29, 1.82) is 0 Å². The highest BCUT2D eigenvalue weighted by atomic mass is 19.1. The summed E-state index contributed by atoms with van der Waals surface area (Å²) >= 11 is 0. The van der Waals surface area contributed by atoms with Crippen molar-refractivity contribution in [3.05, 3.63) is 77.2 Å². The number of aromatic nitrogens is 1. The summed E-state index contributed by atoms with van der Waals surface area (Å²) in [4.78, 5) is 31.1. The number of hydrogen-bond acceptors (Lipinski definition) is 4. The topological polar surface area (TPSA) is 84.2 Å². The van der Waals surface area contributed by atoms with Crippen LogP contribution in [0.3, 0.4) is 0 Å². The van der Waals surface area contributed by atoms with Gasteiger partial charge in [0, 0.05) is 29.3 Å². The van der Waals surface area contributed by atoms with Crippen LogP contribution in [-0.4, -0.2) is 29.4 Å². The van der Waals surface area contributed by atoms with E-state index < -0.39 is 0 Å². The molecule has 4 aliphatic rings. The molecule has 2 aromatic heterocycles. The molecule has 7 heteroatoms. The third-order valence-electron chi connectivity index (χ3n) is 8.80. The molecule has 1 unspecified atom stereocenters. The van der Waals surface area contributed by atoms with Crippen LogP contribution in [0.15, 0.2) is 59.0 Å². The van der Waals surface area contributed by atoms with Crippen LogP contribution in [-0.2, 0) is 6.42 Å². The molecular weight excluding hydrogens is 481 g/mol. The Morgan fingerprint density at radius 3 is 2.53 bits per heavy atom. The summed E-state index contributed by atoms with van der Waals surface area (Å²) in [5.41, 5.74) is 5.07. The van der Waals surface area contributed by atoms with E-state index in [4.69, 9.17) is 9.40 Å². The standard InChI is InChI=1S/C31H28FN3O3/c1-3-5-23-21(18-6-4-7-19(12-18)27(36)35-31-15-30(16-31)14-24(30)31)13-22-25(28(37)33-2)26(38-29(22)34-23)17-8-10-20(32)11-9-17/h4,6-13,24H,3,5,14-16H2,1-2H3,(H,33,37)(H,35,36). The maximum absolute atomic E-state index is 13.6. The molecule has 38 heavy (non-hydrogen) atoms. The number of carbonyl (C=O) groups is 2. The average molecular weight is 510 g/mol. The molecule has 2 heterocycles. The van der Waals surface area contributed by atoms with E-state index in [2.05, 4.69) is 17.6 Å². The van der Waals surface area contributed by atoms with E-state index in [0.29, 0.717) is 51.3 Å². The fourth-order valence-corrected chi connectivity index (χ4v) is 6.90. The number of fused-ring (bicyclic) bond motifs is 1. The van der Waals surface area contributed by atoms with Gasteiger partial charge in [-0.15, -0.1) is 0 Å². The number of halogens is 1. The second-order valence-electron chi connectivity index (χ2n) is 11.1. The number of hydrogen-bond donors (Lipinski definition) is 2. The molecule has 4 fully saturated rings. The van der Waals surface area contributed by atoms with Gasteiger partial charge in [0.15, 0.2) is 0 Å². The van der Waals surface area contributed by atoms with E-state index in [1.165, 1.54) is 18.6 Å². The number of nitrogens with zero attached hydrogens (tertiary/aromatic N) is 1. The minimum absolute atomic E-state index is 0.0247. The van der Waals surface area contributed by atoms with Gasteiger partial charge in [0.25, 0.3) is 11.8 Å². The second-order valence-corrected chi connectivity index (χ2v) is 11.1. The van der Waals surface area contributed by atoms with Crippen LogP contribution < -0.4 is 10.6 Å². The molecule has 2 bridgehead atoms. The number of nitrogens with one attached hydrogen (secondary N) is 2. The van der Waals surface area contributed by atoms with Gasteiger partial charge in [-0.2, -0.15) is 0 Å². The molecule has 1 atom stereocenters.